The molecule has 2 aromatic carbocycles. The minimum Gasteiger partial charge on any atom is -0.485 e. The van der Waals surface area contributed by atoms with E-state index in [9.17, 15) is 4.79 Å². The highest BCUT2D eigenvalue weighted by Gasteiger charge is 2.20. The van der Waals surface area contributed by atoms with Crippen LogP contribution in [-0.2, 0) is 13.2 Å². The van der Waals surface area contributed by atoms with Crippen molar-refractivity contribution in [2.24, 2.45) is 0 Å². The first kappa shape index (κ1) is 17.1. The summed E-state index contributed by atoms with van der Waals surface area (Å²) in [6.45, 7) is 2.40. The van der Waals surface area contributed by atoms with Gasteiger partial charge in [-0.15, -0.1) is 0 Å². The van der Waals surface area contributed by atoms with E-state index >= 15 is 0 Å². The predicted octanol–water partition coefficient (Wildman–Crippen LogP) is 3.91. The number of hydrogen-bond donors (Lipinski definition) is 1. The molecule has 1 aromatic heterocycles. The number of aryl methyl sites for hydroxylation is 1. The molecule has 0 unspecified atom stereocenters. The topological polar surface area (TPSA) is 60.5 Å². The van der Waals surface area contributed by atoms with Crippen LogP contribution in [0.2, 0.25) is 0 Å². The number of pyridine rings is 1. The van der Waals surface area contributed by atoms with Crippen molar-refractivity contribution >= 4 is 5.91 Å². The number of benzene rings is 2. The second kappa shape index (κ2) is 8.85. The number of nitrogens with one attached hydrogen (secondary N) is 1. The van der Waals surface area contributed by atoms with Crippen molar-refractivity contribution in [2.75, 3.05) is 7.02 Å². The summed E-state index contributed by atoms with van der Waals surface area (Å²) >= 11 is 0. The smallest absolute Gasteiger partial charge is 0.273 e. The van der Waals surface area contributed by atoms with Crippen molar-refractivity contribution in [3.05, 3.63) is 89.2 Å². The van der Waals surface area contributed by atoms with Gasteiger partial charge in [0.1, 0.15) is 13.2 Å². The number of hydrogen-bond acceptors (Lipinski definition) is 4. The van der Waals surface area contributed by atoms with Gasteiger partial charge in [0.05, 0.1) is 0 Å². The standard InChI is InChI=1S/C22H22N2O3/c1-16-13-19(26-14-17-9-5-3-6-10-17)21(20(24-16)22(25)23-2)27-15-18-11-7-4-8-12-18/h3-13H,14-15H2,1-2H3,(H,23,25)/i2T. The number of nitrogens with zero attached hydrogens (tertiary/aromatic N) is 1. The van der Waals surface area contributed by atoms with Gasteiger partial charge in [-0.25, -0.2) is 4.98 Å². The molecule has 0 fully saturated rings. The molecule has 3 aromatic rings. The zero-order chi connectivity index (χ0) is 19.8. The van der Waals surface area contributed by atoms with Crippen LogP contribution in [0.1, 0.15) is 28.7 Å². The van der Waals surface area contributed by atoms with Gasteiger partial charge in [0.2, 0.25) is 0 Å². The summed E-state index contributed by atoms with van der Waals surface area (Å²) in [5.74, 6) is 0.255. The van der Waals surface area contributed by atoms with Crippen LogP contribution >= 0.6 is 0 Å². The van der Waals surface area contributed by atoms with Crippen LogP contribution in [0.4, 0.5) is 0 Å². The lowest BCUT2D eigenvalue weighted by atomic mass is 10.2. The maximum Gasteiger partial charge on any atom is 0.273 e. The Kier molecular flexibility index (Phi) is 5.60. The van der Waals surface area contributed by atoms with Gasteiger partial charge < -0.3 is 14.8 Å². The van der Waals surface area contributed by atoms with E-state index in [1.807, 2.05) is 60.7 Å². The summed E-state index contributed by atoms with van der Waals surface area (Å²) in [5, 5.41) is 2.46. The van der Waals surface area contributed by atoms with Crippen LogP contribution in [0.15, 0.2) is 66.7 Å². The van der Waals surface area contributed by atoms with E-state index in [0.29, 0.717) is 18.1 Å². The van der Waals surface area contributed by atoms with Crippen molar-refractivity contribution in [1.29, 1.82) is 0 Å². The third kappa shape index (κ3) is 4.85. The first-order valence-corrected chi connectivity index (χ1v) is 8.60. The number of aromatic nitrogens is 1. The summed E-state index contributed by atoms with van der Waals surface area (Å²) in [6.07, 6.45) is 0. The van der Waals surface area contributed by atoms with Crippen LogP contribution in [0.5, 0.6) is 11.5 Å². The van der Waals surface area contributed by atoms with Crippen molar-refractivity contribution < 1.29 is 15.6 Å². The molecular weight excluding hydrogens is 340 g/mol. The Morgan fingerprint density at radius 2 is 1.59 bits per heavy atom. The summed E-state index contributed by atoms with van der Waals surface area (Å²) < 4.78 is 19.2. The van der Waals surface area contributed by atoms with E-state index in [0.717, 1.165) is 11.1 Å². The second-order valence-electron chi connectivity index (χ2n) is 5.99. The van der Waals surface area contributed by atoms with Crippen LogP contribution in [0.25, 0.3) is 0 Å². The van der Waals surface area contributed by atoms with Crippen molar-refractivity contribution in [2.45, 2.75) is 20.1 Å². The fraction of sp³-hybridized carbons (Fsp3) is 0.182. The highest BCUT2D eigenvalue weighted by Crippen LogP contribution is 2.32. The molecule has 1 heterocycles. The lowest BCUT2D eigenvalue weighted by Crippen LogP contribution is -2.21. The molecule has 0 aliphatic rings. The quantitative estimate of drug-likeness (QED) is 0.691. The summed E-state index contributed by atoms with van der Waals surface area (Å²) in [7, 11) is -0.243. The maximum atomic E-state index is 12.4. The Morgan fingerprint density at radius 3 is 2.19 bits per heavy atom. The number of carbonyl (C=O) groups excluding carboxylic acids is 1. The molecule has 3 rings (SSSR count). The van der Waals surface area contributed by atoms with Gasteiger partial charge in [-0.05, 0) is 18.1 Å². The SMILES string of the molecule is [3H]CNC(=O)c1nc(C)cc(OCc2ccccc2)c1OCc1ccccc1. The van der Waals surface area contributed by atoms with E-state index in [-0.39, 0.29) is 25.1 Å². The predicted molar refractivity (Wildman–Crippen MR) is 104 cm³/mol. The molecule has 0 spiro atoms. The minimum atomic E-state index is -0.466. The molecule has 138 valence electrons. The van der Waals surface area contributed by atoms with E-state index < -0.39 is 5.91 Å². The highest BCUT2D eigenvalue weighted by atomic mass is 16.5. The molecule has 0 radical (unpaired) electrons. The molecule has 0 atom stereocenters. The average Bonchev–Trinajstić information content (AvgIpc) is 2.72. The molecule has 0 bridgehead atoms. The molecule has 0 aliphatic carbocycles. The van der Waals surface area contributed by atoms with Gasteiger partial charge in [-0.3, -0.25) is 4.79 Å². The monoisotopic (exact) mass is 364 g/mol. The lowest BCUT2D eigenvalue weighted by molar-refractivity contribution is 0.0951. The fourth-order valence-corrected chi connectivity index (χ4v) is 2.58. The van der Waals surface area contributed by atoms with Crippen LogP contribution < -0.4 is 14.8 Å². The Labute approximate surface area is 160 Å². The van der Waals surface area contributed by atoms with Gasteiger partial charge >= 0.3 is 0 Å². The number of rotatable bonds is 7. The van der Waals surface area contributed by atoms with Gasteiger partial charge in [-0.1, -0.05) is 60.7 Å². The largest absolute Gasteiger partial charge is 0.485 e. The summed E-state index contributed by atoms with van der Waals surface area (Å²) in [4.78, 5) is 16.7. The molecule has 0 saturated heterocycles. The molecule has 0 saturated carbocycles. The second-order valence-corrected chi connectivity index (χ2v) is 5.99. The Bertz CT molecular complexity index is 918. The zero-order valence-corrected chi connectivity index (χ0v) is 15.1. The Hall–Kier alpha value is -3.34. The molecule has 1 N–H and O–H groups in total. The third-order valence-corrected chi connectivity index (χ3v) is 3.91. The molecule has 27 heavy (non-hydrogen) atoms. The van der Waals surface area contributed by atoms with Crippen molar-refractivity contribution in [1.82, 2.24) is 10.3 Å². The number of ether oxygens (including phenoxy) is 2. The van der Waals surface area contributed by atoms with Gasteiger partial charge in [0.25, 0.3) is 5.91 Å². The van der Waals surface area contributed by atoms with Crippen LogP contribution in [0.3, 0.4) is 0 Å². The van der Waals surface area contributed by atoms with E-state index in [2.05, 4.69) is 10.3 Å². The van der Waals surface area contributed by atoms with E-state index in [4.69, 9.17) is 10.8 Å². The normalized spacial score (nSPS) is 10.8. The fourth-order valence-electron chi connectivity index (χ4n) is 2.58. The zero-order valence-electron chi connectivity index (χ0n) is 16.1. The van der Waals surface area contributed by atoms with E-state index in [1.165, 1.54) is 0 Å². The average molecular weight is 364 g/mol. The maximum absolute atomic E-state index is 12.4. The van der Waals surface area contributed by atoms with Gasteiger partial charge in [0.15, 0.2) is 17.2 Å². The van der Waals surface area contributed by atoms with Crippen LogP contribution in [0, 0.1) is 6.92 Å². The molecular formula is C22H22N2O3. The molecule has 0 aliphatic heterocycles. The molecule has 5 nitrogen and oxygen atoms in total. The molecule has 1 amide bonds. The first-order chi connectivity index (χ1) is 13.7. The lowest BCUT2D eigenvalue weighted by Gasteiger charge is -2.16. The highest BCUT2D eigenvalue weighted by molar-refractivity contribution is 5.95. The Balaban J connectivity index is 1.90. The van der Waals surface area contributed by atoms with Crippen molar-refractivity contribution in [3.63, 3.8) is 0 Å². The van der Waals surface area contributed by atoms with Crippen LogP contribution in [-0.4, -0.2) is 17.9 Å². The Morgan fingerprint density at radius 1 is 1.00 bits per heavy atom. The van der Waals surface area contributed by atoms with Crippen molar-refractivity contribution in [3.8, 4) is 11.5 Å². The van der Waals surface area contributed by atoms with Gasteiger partial charge in [0, 0.05) is 20.2 Å². The third-order valence-electron chi connectivity index (χ3n) is 3.91. The summed E-state index contributed by atoms with van der Waals surface area (Å²) in [5.41, 5.74) is 2.71. The van der Waals surface area contributed by atoms with E-state index in [1.54, 1.807) is 13.0 Å². The summed E-state index contributed by atoms with van der Waals surface area (Å²) in [6, 6.07) is 21.2. The number of carbonyl (C=O) groups is 1. The minimum absolute atomic E-state index is 0.117. The first-order valence-electron chi connectivity index (χ1n) is 9.30. The molecule has 5 heteroatoms. The van der Waals surface area contributed by atoms with Gasteiger partial charge in [-0.2, -0.15) is 0 Å². The number of amides is 1.